The van der Waals surface area contributed by atoms with E-state index in [0.29, 0.717) is 24.8 Å². The lowest BCUT2D eigenvalue weighted by atomic mass is 9.98. The fourth-order valence-corrected chi connectivity index (χ4v) is 2.93. The van der Waals surface area contributed by atoms with Crippen molar-refractivity contribution in [1.29, 1.82) is 0 Å². The molecule has 4 heteroatoms. The summed E-state index contributed by atoms with van der Waals surface area (Å²) in [6.07, 6.45) is 1.20. The van der Waals surface area contributed by atoms with Crippen molar-refractivity contribution in [3.8, 4) is 0 Å². The van der Waals surface area contributed by atoms with Crippen LogP contribution < -0.4 is 0 Å². The second-order valence-corrected chi connectivity index (χ2v) is 5.05. The van der Waals surface area contributed by atoms with Crippen molar-refractivity contribution < 1.29 is 18.3 Å². The molecule has 0 aromatic heterocycles. The molecule has 2 nitrogen and oxygen atoms in total. The molecule has 3 rings (SSSR count). The maximum Gasteiger partial charge on any atom is 0.338 e. The van der Waals surface area contributed by atoms with E-state index in [9.17, 15) is 13.6 Å². The van der Waals surface area contributed by atoms with Gasteiger partial charge < -0.3 is 4.74 Å². The van der Waals surface area contributed by atoms with Crippen molar-refractivity contribution in [2.24, 2.45) is 11.8 Å². The van der Waals surface area contributed by atoms with Gasteiger partial charge in [-0.25, -0.2) is 13.6 Å². The molecule has 3 atom stereocenters. The van der Waals surface area contributed by atoms with E-state index < -0.39 is 29.8 Å². The summed E-state index contributed by atoms with van der Waals surface area (Å²) < 4.78 is 32.1. The third-order valence-electron chi connectivity index (χ3n) is 3.94. The van der Waals surface area contributed by atoms with Crippen LogP contribution in [0.15, 0.2) is 30.3 Å². The zero-order valence-corrected chi connectivity index (χ0v) is 9.81. The first kappa shape index (κ1) is 11.6. The summed E-state index contributed by atoms with van der Waals surface area (Å²) in [5.41, 5.74) is 0.420. The Hall–Kier alpha value is -1.45. The molecule has 0 saturated heterocycles. The zero-order valence-electron chi connectivity index (χ0n) is 9.81. The van der Waals surface area contributed by atoms with E-state index in [1.54, 1.807) is 30.3 Å². The SMILES string of the molecule is O=C(O[C@H]1CCC[C@H]2[C@@H]1C2(F)F)c1ccccc1. The van der Waals surface area contributed by atoms with Crippen LogP contribution in [0.4, 0.5) is 8.78 Å². The number of fused-ring (bicyclic) bond motifs is 1. The molecule has 0 N–H and O–H groups in total. The van der Waals surface area contributed by atoms with Crippen molar-refractivity contribution in [3.05, 3.63) is 35.9 Å². The third-order valence-corrected chi connectivity index (χ3v) is 3.94. The smallest absolute Gasteiger partial charge is 0.338 e. The molecule has 96 valence electrons. The van der Waals surface area contributed by atoms with Gasteiger partial charge >= 0.3 is 5.97 Å². The number of esters is 1. The van der Waals surface area contributed by atoms with Crippen LogP contribution in [0.2, 0.25) is 0 Å². The zero-order chi connectivity index (χ0) is 12.8. The first-order valence-corrected chi connectivity index (χ1v) is 6.24. The minimum Gasteiger partial charge on any atom is -0.458 e. The van der Waals surface area contributed by atoms with Crippen molar-refractivity contribution in [3.63, 3.8) is 0 Å². The standard InChI is InChI=1S/C14H14F2O2/c15-14(16)10-7-4-8-11(12(10)14)18-13(17)9-5-2-1-3-6-9/h1-3,5-6,10-12H,4,7-8H2/t10-,11-,12-/m0/s1. The fourth-order valence-electron chi connectivity index (χ4n) is 2.93. The lowest BCUT2D eigenvalue weighted by Crippen LogP contribution is -2.24. The second kappa shape index (κ2) is 4.04. The first-order chi connectivity index (χ1) is 8.60. The van der Waals surface area contributed by atoms with Crippen molar-refractivity contribution in [2.45, 2.75) is 31.3 Å². The number of halogens is 2. The molecule has 2 saturated carbocycles. The molecule has 2 aliphatic rings. The van der Waals surface area contributed by atoms with Gasteiger partial charge in [-0.05, 0) is 31.4 Å². The maximum absolute atomic E-state index is 13.4. The van der Waals surface area contributed by atoms with Crippen LogP contribution in [0.25, 0.3) is 0 Å². The molecule has 0 heterocycles. The highest BCUT2D eigenvalue weighted by molar-refractivity contribution is 5.89. The molecule has 2 fully saturated rings. The van der Waals surface area contributed by atoms with Crippen LogP contribution >= 0.6 is 0 Å². The molecule has 18 heavy (non-hydrogen) atoms. The van der Waals surface area contributed by atoms with Gasteiger partial charge in [0, 0.05) is 5.92 Å². The van der Waals surface area contributed by atoms with Gasteiger partial charge in [0.15, 0.2) is 0 Å². The summed E-state index contributed by atoms with van der Waals surface area (Å²) in [6, 6.07) is 8.52. The topological polar surface area (TPSA) is 26.3 Å². The minimum absolute atomic E-state index is 0.420. The monoisotopic (exact) mass is 252 g/mol. The molecule has 1 aromatic carbocycles. The molecule has 2 aliphatic carbocycles. The van der Waals surface area contributed by atoms with Crippen LogP contribution in [0.3, 0.4) is 0 Å². The number of ether oxygens (including phenoxy) is 1. The van der Waals surface area contributed by atoms with Gasteiger partial charge in [0.25, 0.3) is 5.92 Å². The van der Waals surface area contributed by atoms with Gasteiger partial charge in [-0.15, -0.1) is 0 Å². The van der Waals surface area contributed by atoms with E-state index in [1.165, 1.54) is 0 Å². The third kappa shape index (κ3) is 1.80. The average Bonchev–Trinajstić information content (AvgIpc) is 2.95. The van der Waals surface area contributed by atoms with E-state index in [2.05, 4.69) is 0 Å². The van der Waals surface area contributed by atoms with Gasteiger partial charge in [-0.1, -0.05) is 18.2 Å². The van der Waals surface area contributed by atoms with Gasteiger partial charge in [-0.2, -0.15) is 0 Å². The van der Waals surface area contributed by atoms with Crippen molar-refractivity contribution in [1.82, 2.24) is 0 Å². The number of alkyl halides is 2. The maximum atomic E-state index is 13.4. The van der Waals surface area contributed by atoms with E-state index in [4.69, 9.17) is 4.74 Å². The minimum atomic E-state index is -2.63. The first-order valence-electron chi connectivity index (χ1n) is 6.24. The average molecular weight is 252 g/mol. The van der Waals surface area contributed by atoms with Gasteiger partial charge in [-0.3, -0.25) is 0 Å². The lowest BCUT2D eigenvalue weighted by molar-refractivity contribution is 0.00277. The van der Waals surface area contributed by atoms with Gasteiger partial charge in [0.2, 0.25) is 0 Å². The Morgan fingerprint density at radius 1 is 1.22 bits per heavy atom. The van der Waals surface area contributed by atoms with Crippen LogP contribution in [0.5, 0.6) is 0 Å². The van der Waals surface area contributed by atoms with Crippen LogP contribution in [-0.4, -0.2) is 18.0 Å². The molecule has 0 spiro atoms. The number of hydrogen-bond donors (Lipinski definition) is 0. The largest absolute Gasteiger partial charge is 0.458 e. The quantitative estimate of drug-likeness (QED) is 0.755. The Bertz CT molecular complexity index is 458. The molecule has 0 bridgehead atoms. The number of carbonyl (C=O) groups excluding carboxylic acids is 1. The summed E-state index contributed by atoms with van der Waals surface area (Å²) >= 11 is 0. The fraction of sp³-hybridized carbons (Fsp3) is 0.500. The highest BCUT2D eigenvalue weighted by atomic mass is 19.3. The second-order valence-electron chi connectivity index (χ2n) is 5.05. The number of rotatable bonds is 2. The number of carbonyl (C=O) groups is 1. The molecular weight excluding hydrogens is 238 g/mol. The predicted molar refractivity (Wildman–Crippen MR) is 61.4 cm³/mol. The van der Waals surface area contributed by atoms with Crippen molar-refractivity contribution >= 4 is 5.97 Å². The summed E-state index contributed by atoms with van der Waals surface area (Å²) in [4.78, 5) is 11.8. The number of hydrogen-bond acceptors (Lipinski definition) is 2. The van der Waals surface area contributed by atoms with E-state index in [1.807, 2.05) is 0 Å². The lowest BCUT2D eigenvalue weighted by Gasteiger charge is -2.20. The molecular formula is C14H14F2O2. The molecule has 0 radical (unpaired) electrons. The van der Waals surface area contributed by atoms with Crippen LogP contribution in [0.1, 0.15) is 29.6 Å². The van der Waals surface area contributed by atoms with Gasteiger partial charge in [0.05, 0.1) is 11.5 Å². The summed E-state index contributed by atoms with van der Waals surface area (Å²) in [5.74, 6) is -4.44. The highest BCUT2D eigenvalue weighted by Gasteiger charge is 2.72. The van der Waals surface area contributed by atoms with Crippen LogP contribution in [-0.2, 0) is 4.74 Å². The molecule has 0 aliphatic heterocycles. The molecule has 0 unspecified atom stereocenters. The van der Waals surface area contributed by atoms with Gasteiger partial charge in [0.1, 0.15) is 6.10 Å². The Labute approximate surface area is 104 Å². The summed E-state index contributed by atoms with van der Waals surface area (Å²) in [5, 5.41) is 0. The normalized spacial score (nSPS) is 32.4. The Morgan fingerprint density at radius 2 is 1.94 bits per heavy atom. The Kier molecular flexibility index (Phi) is 2.61. The summed E-state index contributed by atoms with van der Waals surface area (Å²) in [7, 11) is 0. The molecule has 0 amide bonds. The summed E-state index contributed by atoms with van der Waals surface area (Å²) in [6.45, 7) is 0. The Morgan fingerprint density at radius 3 is 2.67 bits per heavy atom. The van der Waals surface area contributed by atoms with E-state index >= 15 is 0 Å². The van der Waals surface area contributed by atoms with E-state index in [0.717, 1.165) is 0 Å². The predicted octanol–water partition coefficient (Wildman–Crippen LogP) is 3.28. The Balaban J connectivity index is 1.69. The number of benzene rings is 1. The molecule has 1 aromatic rings. The highest BCUT2D eigenvalue weighted by Crippen LogP contribution is 2.62. The van der Waals surface area contributed by atoms with Crippen LogP contribution in [0, 0.1) is 11.8 Å². The van der Waals surface area contributed by atoms with E-state index in [-0.39, 0.29) is 0 Å². The van der Waals surface area contributed by atoms with Crippen molar-refractivity contribution in [2.75, 3.05) is 0 Å².